The summed E-state index contributed by atoms with van der Waals surface area (Å²) in [6, 6.07) is 17.5. The molecule has 15 nitrogen and oxygen atoms in total. The first-order chi connectivity index (χ1) is 36.0. The molecule has 2 saturated carbocycles. The Morgan fingerprint density at radius 2 is 1.68 bits per heavy atom. The third-order valence-corrected chi connectivity index (χ3v) is 18.5. The van der Waals surface area contributed by atoms with E-state index in [1.165, 1.54) is 29.2 Å². The minimum Gasteiger partial charge on any atom is -0.508 e. The number of carbonyl (C=O) groups excluding carboxylic acids is 5. The summed E-state index contributed by atoms with van der Waals surface area (Å²) in [6.07, 6.45) is 10.8. The number of pyridine rings is 2. The van der Waals surface area contributed by atoms with E-state index in [9.17, 15) is 33.9 Å². The third kappa shape index (κ3) is 8.57. The Hall–Kier alpha value is -6.61. The van der Waals surface area contributed by atoms with Gasteiger partial charge in [-0.2, -0.15) is 0 Å². The number of ketones is 2. The number of carbonyl (C=O) groups is 5. The van der Waals surface area contributed by atoms with E-state index < -0.39 is 34.6 Å². The van der Waals surface area contributed by atoms with E-state index >= 15 is 0 Å². The lowest BCUT2D eigenvalue weighted by Gasteiger charge is -2.55. The summed E-state index contributed by atoms with van der Waals surface area (Å²) >= 11 is 0. The second-order valence-corrected chi connectivity index (χ2v) is 22.6. The van der Waals surface area contributed by atoms with Crippen molar-refractivity contribution in [2.24, 2.45) is 17.3 Å². The van der Waals surface area contributed by atoms with E-state index in [4.69, 9.17) is 19.2 Å². The quantitative estimate of drug-likeness (QED) is 0.0672. The van der Waals surface area contributed by atoms with Crippen LogP contribution in [-0.2, 0) is 52.1 Å². The Labute approximate surface area is 437 Å². The van der Waals surface area contributed by atoms with Gasteiger partial charge in [0.25, 0.3) is 5.56 Å². The molecule has 3 aliphatic heterocycles. The van der Waals surface area contributed by atoms with Crippen LogP contribution in [0.5, 0.6) is 5.75 Å². The number of allylic oxidation sites excluding steroid dienone is 4. The summed E-state index contributed by atoms with van der Waals surface area (Å²) in [4.78, 5) is 91.5. The first-order valence-electron chi connectivity index (χ1n) is 27.3. The highest BCUT2D eigenvalue weighted by molar-refractivity contribution is 5.93. The third-order valence-electron chi connectivity index (χ3n) is 18.5. The Balaban J connectivity index is 0.679. The van der Waals surface area contributed by atoms with Gasteiger partial charge < -0.3 is 33.7 Å². The number of piperazine rings is 1. The van der Waals surface area contributed by atoms with Crippen LogP contribution >= 0.6 is 0 Å². The molecular weight excluding hydrogens is 951 g/mol. The van der Waals surface area contributed by atoms with Crippen molar-refractivity contribution in [1.82, 2.24) is 19.4 Å². The van der Waals surface area contributed by atoms with E-state index in [-0.39, 0.29) is 65.8 Å². The molecule has 6 atom stereocenters. The molecular formula is C60H69N5O10. The number of Topliss-reactive ketones (excluding diaryl/α,β-unsaturated/α-hetero) is 1. The van der Waals surface area contributed by atoms with Crippen molar-refractivity contribution in [1.29, 1.82) is 0 Å². The molecule has 2 aromatic carbocycles. The molecule has 2 aromatic heterocycles. The number of ether oxygens (including phenoxy) is 3. The number of aromatic hydroxyl groups is 1. The molecule has 5 heterocycles. The van der Waals surface area contributed by atoms with Gasteiger partial charge in [0.05, 0.1) is 29.0 Å². The molecule has 1 N–H and O–H groups in total. The van der Waals surface area contributed by atoms with Crippen LogP contribution in [0.2, 0.25) is 0 Å². The van der Waals surface area contributed by atoms with Crippen molar-refractivity contribution in [3.63, 3.8) is 0 Å². The number of hydrogen-bond acceptors (Lipinski definition) is 13. The number of phenols is 1. The average molecular weight is 1020 g/mol. The van der Waals surface area contributed by atoms with Crippen molar-refractivity contribution < 1.29 is 43.3 Å². The summed E-state index contributed by atoms with van der Waals surface area (Å²) in [7, 11) is 2.14. The summed E-state index contributed by atoms with van der Waals surface area (Å²) < 4.78 is 19.5. The maximum atomic E-state index is 14.0. The fourth-order valence-electron chi connectivity index (χ4n) is 14.6. The van der Waals surface area contributed by atoms with Crippen LogP contribution in [0.4, 0.5) is 10.5 Å². The first-order valence-corrected chi connectivity index (χ1v) is 27.3. The highest BCUT2D eigenvalue weighted by Gasteiger charge is 2.67. The van der Waals surface area contributed by atoms with Gasteiger partial charge in [0.2, 0.25) is 5.60 Å². The summed E-state index contributed by atoms with van der Waals surface area (Å²) in [6.45, 7) is 11.1. The average Bonchev–Trinajstić information content (AvgIpc) is 3.91. The largest absolute Gasteiger partial charge is 0.508 e. The molecule has 4 aromatic rings. The molecule has 0 radical (unpaired) electrons. The maximum absolute atomic E-state index is 14.0. The van der Waals surface area contributed by atoms with Gasteiger partial charge in [-0.05, 0) is 148 Å². The molecule has 7 aliphatic rings. The molecule has 3 fully saturated rings. The summed E-state index contributed by atoms with van der Waals surface area (Å²) in [5.41, 5.74) is 5.83. The summed E-state index contributed by atoms with van der Waals surface area (Å²) in [5.74, 6) is -0.305. The number of anilines is 1. The smallest absolute Gasteiger partial charge is 0.411 e. The number of nitrogens with zero attached hydrogens (tertiary/aromatic N) is 5. The predicted molar refractivity (Wildman–Crippen MR) is 282 cm³/mol. The number of phenolic OH excluding ortho intramolecular Hbond substituents is 1. The standard InChI is InChI=1S/C60H69N5O10/c1-6-59(50-32-52-54-41(29-40-31-44(69)17-20-51(40)61-54)34-65(52)55(70)48(50)35-73-56(59)71)75-57(72)64-27-25-63(26-28-64)24-10-8-7-9-23-62(5)42-14-11-38(12-15-42)47-33-58(4)49(21-22-60(58,36(2)66)74-37(3)67)46-18-13-39-30-43(68)16-19-45(39)53(46)47/h11-12,14-15,17,20,29-32,46-47,49,69H,6-10,13,16,18-19,21-28,33-35H2,1-5H3/t46-,47+,49-,58-,59-,60-/m0/s1. The molecule has 4 aliphatic carbocycles. The Morgan fingerprint density at radius 1 is 0.907 bits per heavy atom. The normalized spacial score (nSPS) is 26.8. The second kappa shape index (κ2) is 19.5. The van der Waals surface area contributed by atoms with E-state index in [2.05, 4.69) is 48.0 Å². The van der Waals surface area contributed by atoms with E-state index in [1.54, 1.807) is 47.6 Å². The van der Waals surface area contributed by atoms with Crippen molar-refractivity contribution in [3.8, 4) is 17.1 Å². The van der Waals surface area contributed by atoms with Crippen molar-refractivity contribution in [2.75, 3.05) is 51.2 Å². The Bertz CT molecular complexity index is 3150. The van der Waals surface area contributed by atoms with E-state index in [1.807, 2.05) is 12.1 Å². The van der Waals surface area contributed by atoms with Crippen molar-refractivity contribution in [2.45, 2.75) is 135 Å². The Kier molecular flexibility index (Phi) is 13.1. The number of esters is 2. The first kappa shape index (κ1) is 50.5. The van der Waals surface area contributed by atoms with Crippen LogP contribution < -0.4 is 10.5 Å². The van der Waals surface area contributed by atoms with Gasteiger partial charge in [0.15, 0.2) is 17.2 Å². The number of aromatic nitrogens is 2. The van der Waals surface area contributed by atoms with Gasteiger partial charge >= 0.3 is 18.0 Å². The molecule has 11 rings (SSSR count). The SMILES string of the molecule is CC[C@@]1(OC(=O)N2CCN(CCCCCCN(C)c3ccc([C@H]4C[C@@]5(C)[C@@H](CC[C@]5(OC(C)=O)C(C)=O)[C@@H]5CCC6=CC(=O)CCC6=C54)cc3)CC2)C(=O)OCc2c1cc1n(c2=O)Cc2cc3cc(O)ccc3nc2-1. The van der Waals surface area contributed by atoms with Gasteiger partial charge in [0, 0.05) is 86.6 Å². The number of benzene rings is 2. The fraction of sp³-hybridized carbons (Fsp3) is 0.517. The van der Waals surface area contributed by atoms with Crippen LogP contribution in [-0.4, -0.2) is 106 Å². The van der Waals surface area contributed by atoms with E-state index in [0.717, 1.165) is 81.1 Å². The van der Waals surface area contributed by atoms with Crippen LogP contribution in [0.3, 0.4) is 0 Å². The van der Waals surface area contributed by atoms with Gasteiger partial charge in [-0.25, -0.2) is 14.6 Å². The van der Waals surface area contributed by atoms with E-state index in [0.29, 0.717) is 67.9 Å². The monoisotopic (exact) mass is 1020 g/mol. The van der Waals surface area contributed by atoms with Crippen LogP contribution in [0, 0.1) is 17.3 Å². The lowest BCUT2D eigenvalue weighted by molar-refractivity contribution is -0.182. The van der Waals surface area contributed by atoms with Gasteiger partial charge in [-0.15, -0.1) is 0 Å². The van der Waals surface area contributed by atoms with Crippen LogP contribution in [0.15, 0.2) is 82.2 Å². The predicted octanol–water partition coefficient (Wildman–Crippen LogP) is 9.03. The molecule has 394 valence electrons. The highest BCUT2D eigenvalue weighted by Crippen LogP contribution is 2.68. The topological polar surface area (TPSA) is 178 Å². The number of amides is 1. The highest BCUT2D eigenvalue weighted by atomic mass is 16.6. The zero-order valence-electron chi connectivity index (χ0n) is 44.0. The fourth-order valence-corrected chi connectivity index (χ4v) is 14.6. The minimum atomic E-state index is -1.79. The lowest BCUT2D eigenvalue weighted by Crippen LogP contribution is -2.57. The van der Waals surface area contributed by atoms with Crippen molar-refractivity contribution >= 4 is 46.2 Å². The number of cyclic esters (lactones) is 1. The lowest BCUT2D eigenvalue weighted by atomic mass is 9.50. The van der Waals surface area contributed by atoms with Crippen LogP contribution in [0.1, 0.15) is 133 Å². The summed E-state index contributed by atoms with van der Waals surface area (Å²) in [5, 5.41) is 10.8. The van der Waals surface area contributed by atoms with Crippen LogP contribution in [0.25, 0.3) is 22.3 Å². The number of fused-ring (bicyclic) bond motifs is 9. The van der Waals surface area contributed by atoms with Gasteiger partial charge in [0.1, 0.15) is 12.4 Å². The number of rotatable bonds is 13. The Morgan fingerprint density at radius 3 is 2.43 bits per heavy atom. The molecule has 0 unspecified atom stereocenters. The molecule has 0 spiro atoms. The molecule has 0 bridgehead atoms. The zero-order valence-corrected chi connectivity index (χ0v) is 44.0. The van der Waals surface area contributed by atoms with Crippen molar-refractivity contribution in [3.05, 3.63) is 110 Å². The molecule has 15 heteroatoms. The maximum Gasteiger partial charge on any atom is 0.411 e. The number of hydrogen-bond donors (Lipinski definition) is 1. The number of unbranched alkanes of at least 4 members (excludes halogenated alkanes) is 3. The molecule has 75 heavy (non-hydrogen) atoms. The van der Waals surface area contributed by atoms with Gasteiger partial charge in [-0.1, -0.05) is 44.4 Å². The molecule has 1 amide bonds. The zero-order chi connectivity index (χ0) is 52.6. The minimum absolute atomic E-state index is 0.0498. The van der Waals surface area contributed by atoms with Gasteiger partial charge in [-0.3, -0.25) is 24.1 Å². The second-order valence-electron chi connectivity index (χ2n) is 22.6. The molecule has 1 saturated heterocycles.